The molecule has 0 bridgehead atoms. The maximum absolute atomic E-state index is 11.5. The van der Waals surface area contributed by atoms with Crippen molar-refractivity contribution in [2.75, 3.05) is 31.2 Å². The first-order valence-electron chi connectivity index (χ1n) is 8.03. The molecule has 8 heteroatoms. The first-order valence-corrected chi connectivity index (χ1v) is 8.85. The molecule has 0 spiro atoms. The molecule has 7 nitrogen and oxygen atoms in total. The summed E-state index contributed by atoms with van der Waals surface area (Å²) in [6.07, 6.45) is 2.22. The summed E-state index contributed by atoms with van der Waals surface area (Å²) in [6, 6.07) is 7.78. The van der Waals surface area contributed by atoms with Crippen LogP contribution in [-0.2, 0) is 16.0 Å². The third kappa shape index (κ3) is 4.61. The molecule has 0 atom stereocenters. The summed E-state index contributed by atoms with van der Waals surface area (Å²) < 4.78 is 10.7. The van der Waals surface area contributed by atoms with Crippen LogP contribution in [0.1, 0.15) is 18.4 Å². The van der Waals surface area contributed by atoms with Gasteiger partial charge < -0.3 is 19.2 Å². The lowest BCUT2D eigenvalue weighted by atomic mass is 10.1. The van der Waals surface area contributed by atoms with Crippen molar-refractivity contribution in [2.24, 2.45) is 0 Å². The summed E-state index contributed by atoms with van der Waals surface area (Å²) in [7, 11) is 0. The molecule has 1 N–H and O–H groups in total. The predicted molar refractivity (Wildman–Crippen MR) is 94.6 cm³/mol. The Morgan fingerprint density at radius 2 is 2.00 bits per heavy atom. The number of hydrogen-bond acceptors (Lipinski definition) is 7. The monoisotopic (exact) mass is 361 g/mol. The normalized spacial score (nSPS) is 15.4. The topological polar surface area (TPSA) is 88.7 Å². The molecular formula is C17H19N3O4S. The number of nitrogens with zero attached hydrogens (tertiary/aromatic N) is 3. The van der Waals surface area contributed by atoms with Gasteiger partial charge in [-0.3, -0.25) is 0 Å². The first-order chi connectivity index (χ1) is 12.2. The molecule has 0 saturated carbocycles. The minimum atomic E-state index is -1.03. The second kappa shape index (κ2) is 8.17. The van der Waals surface area contributed by atoms with E-state index in [0.717, 1.165) is 49.3 Å². The van der Waals surface area contributed by atoms with Crippen LogP contribution in [0, 0.1) is 0 Å². The number of ether oxygens (including phenoxy) is 1. The van der Waals surface area contributed by atoms with E-state index in [2.05, 4.69) is 15.1 Å². The van der Waals surface area contributed by atoms with Gasteiger partial charge in [0, 0.05) is 25.2 Å². The number of carboxylic acids is 1. The van der Waals surface area contributed by atoms with Gasteiger partial charge in [-0.15, -0.1) is 10.2 Å². The Hall–Kier alpha value is -2.32. The highest BCUT2D eigenvalue weighted by atomic mass is 32.2. The second-order valence-electron chi connectivity index (χ2n) is 5.42. The van der Waals surface area contributed by atoms with Crippen molar-refractivity contribution in [1.29, 1.82) is 0 Å². The van der Waals surface area contributed by atoms with Gasteiger partial charge >= 0.3 is 5.97 Å². The highest BCUT2D eigenvalue weighted by molar-refractivity contribution is 8.03. The van der Waals surface area contributed by atoms with Crippen molar-refractivity contribution in [2.45, 2.75) is 18.6 Å². The molecule has 2 aromatic rings. The zero-order valence-electron chi connectivity index (χ0n) is 13.8. The van der Waals surface area contributed by atoms with Crippen LogP contribution in [0.3, 0.4) is 0 Å². The highest BCUT2D eigenvalue weighted by Crippen LogP contribution is 2.28. The zero-order valence-corrected chi connectivity index (χ0v) is 14.7. The van der Waals surface area contributed by atoms with Crippen LogP contribution in [0.5, 0.6) is 0 Å². The fraction of sp³-hybridized carbons (Fsp3) is 0.353. The van der Waals surface area contributed by atoms with Gasteiger partial charge in [0.15, 0.2) is 0 Å². The quantitative estimate of drug-likeness (QED) is 0.620. The molecule has 3 rings (SSSR count). The van der Waals surface area contributed by atoms with E-state index in [1.165, 1.54) is 0 Å². The molecule has 1 aliphatic heterocycles. The van der Waals surface area contributed by atoms with Gasteiger partial charge in [-0.05, 0) is 35.5 Å². The number of aromatic nitrogens is 2. The number of hydrogen-bond donors (Lipinski definition) is 1. The van der Waals surface area contributed by atoms with E-state index in [1.807, 2.05) is 31.2 Å². The van der Waals surface area contributed by atoms with Crippen molar-refractivity contribution >= 4 is 29.5 Å². The molecule has 0 aliphatic carbocycles. The SMILES string of the molecule is CCc1nnc(S/C(=C/c2ccc(N3CCOCC3)cc2)C(=O)O)o1. The fourth-order valence-electron chi connectivity index (χ4n) is 2.41. The Bertz CT molecular complexity index is 752. The van der Waals surface area contributed by atoms with Crippen molar-refractivity contribution < 1.29 is 19.1 Å². The summed E-state index contributed by atoms with van der Waals surface area (Å²) in [6.45, 7) is 5.08. The standard InChI is InChI=1S/C17H19N3O4S/c1-2-15-18-19-17(24-15)25-14(16(21)22)11-12-3-5-13(6-4-12)20-7-9-23-10-8-20/h3-6,11H,2,7-10H2,1H3,(H,21,22)/b14-11+. The van der Waals surface area contributed by atoms with E-state index < -0.39 is 5.97 Å². The molecule has 1 aromatic carbocycles. The van der Waals surface area contributed by atoms with E-state index in [4.69, 9.17) is 9.15 Å². The van der Waals surface area contributed by atoms with Crippen LogP contribution >= 0.6 is 11.8 Å². The molecule has 0 radical (unpaired) electrons. The molecule has 0 unspecified atom stereocenters. The summed E-state index contributed by atoms with van der Waals surface area (Å²) in [5.74, 6) is -0.541. The Labute approximate surface area is 149 Å². The van der Waals surface area contributed by atoms with Gasteiger partial charge in [0.05, 0.1) is 13.2 Å². The Morgan fingerprint density at radius 3 is 2.60 bits per heavy atom. The lowest BCUT2D eigenvalue weighted by molar-refractivity contribution is -0.131. The van der Waals surface area contributed by atoms with E-state index in [1.54, 1.807) is 6.08 Å². The number of rotatable bonds is 6. The van der Waals surface area contributed by atoms with Crippen LogP contribution in [0.15, 0.2) is 38.8 Å². The molecule has 25 heavy (non-hydrogen) atoms. The molecule has 1 aromatic heterocycles. The number of aryl methyl sites for hydroxylation is 1. The number of benzene rings is 1. The Kier molecular flexibility index (Phi) is 5.72. The van der Waals surface area contributed by atoms with Crippen molar-refractivity contribution in [3.63, 3.8) is 0 Å². The molecule has 1 fully saturated rings. The molecule has 2 heterocycles. The van der Waals surface area contributed by atoms with Gasteiger partial charge in [-0.25, -0.2) is 4.79 Å². The molecule has 132 valence electrons. The summed E-state index contributed by atoms with van der Waals surface area (Å²) >= 11 is 0.954. The first kappa shape index (κ1) is 17.5. The second-order valence-corrected chi connectivity index (χ2v) is 6.42. The number of morpholine rings is 1. The van der Waals surface area contributed by atoms with Gasteiger partial charge in [0.1, 0.15) is 4.91 Å². The summed E-state index contributed by atoms with van der Waals surface area (Å²) in [5, 5.41) is 17.3. The maximum Gasteiger partial charge on any atom is 0.342 e. The van der Waals surface area contributed by atoms with E-state index in [0.29, 0.717) is 12.3 Å². The number of aliphatic carboxylic acids is 1. The molecule has 0 amide bonds. The molecular weight excluding hydrogens is 342 g/mol. The highest BCUT2D eigenvalue weighted by Gasteiger charge is 2.15. The van der Waals surface area contributed by atoms with Crippen LogP contribution < -0.4 is 4.90 Å². The third-order valence-electron chi connectivity index (χ3n) is 3.73. The number of thioether (sulfide) groups is 1. The van der Waals surface area contributed by atoms with Gasteiger partial charge in [-0.2, -0.15) is 0 Å². The minimum Gasteiger partial charge on any atom is -0.477 e. The van der Waals surface area contributed by atoms with Gasteiger partial charge in [0.25, 0.3) is 5.22 Å². The van der Waals surface area contributed by atoms with Crippen LogP contribution in [-0.4, -0.2) is 47.6 Å². The fourth-order valence-corrected chi connectivity index (χ4v) is 3.10. The lowest BCUT2D eigenvalue weighted by Crippen LogP contribution is -2.36. The van der Waals surface area contributed by atoms with Crippen molar-refractivity contribution in [1.82, 2.24) is 10.2 Å². The average Bonchev–Trinajstić information content (AvgIpc) is 3.10. The van der Waals surface area contributed by atoms with Crippen LogP contribution in [0.25, 0.3) is 6.08 Å². The van der Waals surface area contributed by atoms with E-state index in [-0.39, 0.29) is 10.1 Å². The Morgan fingerprint density at radius 1 is 1.28 bits per heavy atom. The molecule has 1 saturated heterocycles. The number of anilines is 1. The maximum atomic E-state index is 11.5. The summed E-state index contributed by atoms with van der Waals surface area (Å²) in [5.41, 5.74) is 1.91. The average molecular weight is 361 g/mol. The Balaban J connectivity index is 1.74. The van der Waals surface area contributed by atoms with Crippen LogP contribution in [0.2, 0.25) is 0 Å². The lowest BCUT2D eigenvalue weighted by Gasteiger charge is -2.28. The van der Waals surface area contributed by atoms with Gasteiger partial charge in [0.2, 0.25) is 5.89 Å². The largest absolute Gasteiger partial charge is 0.477 e. The van der Waals surface area contributed by atoms with Gasteiger partial charge in [-0.1, -0.05) is 19.1 Å². The third-order valence-corrected chi connectivity index (χ3v) is 4.58. The summed E-state index contributed by atoms with van der Waals surface area (Å²) in [4.78, 5) is 13.9. The minimum absolute atomic E-state index is 0.130. The number of carboxylic acid groups (broad SMARTS) is 1. The smallest absolute Gasteiger partial charge is 0.342 e. The number of carbonyl (C=O) groups is 1. The zero-order chi connectivity index (χ0) is 17.6. The molecule has 1 aliphatic rings. The van der Waals surface area contributed by atoms with Crippen molar-refractivity contribution in [3.8, 4) is 0 Å². The van der Waals surface area contributed by atoms with Crippen molar-refractivity contribution in [3.05, 3.63) is 40.6 Å². The van der Waals surface area contributed by atoms with E-state index >= 15 is 0 Å². The predicted octanol–water partition coefficient (Wildman–Crippen LogP) is 2.69. The van der Waals surface area contributed by atoms with Crippen LogP contribution in [0.4, 0.5) is 5.69 Å². The van der Waals surface area contributed by atoms with E-state index in [9.17, 15) is 9.90 Å².